The second-order valence-electron chi connectivity index (χ2n) is 3.70. The molecule has 1 atom stereocenters. The Bertz CT molecular complexity index is 124. The van der Waals surface area contributed by atoms with Gasteiger partial charge in [0.2, 0.25) is 0 Å². The van der Waals surface area contributed by atoms with Gasteiger partial charge in [0.05, 0.1) is 0 Å². The molecule has 0 aromatic heterocycles. The zero-order valence-electron chi connectivity index (χ0n) is 9.02. The van der Waals surface area contributed by atoms with E-state index < -0.39 is 8.24 Å². The molecule has 0 aromatic carbocycles. The Balaban J connectivity index is 4.33. The van der Waals surface area contributed by atoms with Gasteiger partial charge in [-0.25, -0.2) is 0 Å². The predicted molar refractivity (Wildman–Crippen MR) is 60.3 cm³/mol. The lowest BCUT2D eigenvalue weighted by atomic mass is 10.6. The Kier molecular flexibility index (Phi) is 5.46. The largest absolute Gasteiger partial charge is 0.323 e. The Hall–Kier alpha value is 0.467. The quantitative estimate of drug-likeness (QED) is 0.495. The first kappa shape index (κ1) is 12.5. The van der Waals surface area contributed by atoms with Crippen molar-refractivity contribution >= 4 is 19.8 Å². The van der Waals surface area contributed by atoms with Crippen LogP contribution in [0.15, 0.2) is 0 Å². The lowest BCUT2D eigenvalue weighted by Crippen LogP contribution is -2.55. The van der Waals surface area contributed by atoms with Crippen LogP contribution in [0.25, 0.3) is 0 Å². The van der Waals surface area contributed by atoms with Crippen LogP contribution in [0, 0.1) is 0 Å². The van der Waals surface area contributed by atoms with Gasteiger partial charge in [-0.15, -0.1) is 11.6 Å². The summed E-state index contributed by atoms with van der Waals surface area (Å²) in [6.07, 6.45) is 1.09. The number of alkyl halides is 1. The molecule has 0 bridgehead atoms. The Labute approximate surface area is 83.2 Å². The van der Waals surface area contributed by atoms with Crippen LogP contribution in [-0.2, 0) is 0 Å². The average Bonchev–Trinajstić information content (AvgIpc) is 2.04. The minimum Gasteiger partial charge on any atom is -0.323 e. The molecular weight excluding hydrogens is 186 g/mol. The molecule has 1 nitrogen and oxygen atoms in total. The molecule has 12 heavy (non-hydrogen) atoms. The van der Waals surface area contributed by atoms with Gasteiger partial charge in [-0.1, -0.05) is 33.9 Å². The summed E-state index contributed by atoms with van der Waals surface area (Å²) < 4.78 is 2.55. The molecule has 3 heteroatoms. The molecule has 0 N–H and O–H groups in total. The van der Waals surface area contributed by atoms with E-state index >= 15 is 0 Å². The molecule has 0 heterocycles. The maximum atomic E-state index is 6.33. The highest BCUT2D eigenvalue weighted by Gasteiger charge is 2.34. The number of halogens is 1. The smallest absolute Gasteiger partial charge is 0.140 e. The fraction of sp³-hybridized carbons (Fsp3) is 1.00. The minimum atomic E-state index is -1.34. The molecule has 0 amide bonds. The van der Waals surface area contributed by atoms with E-state index in [0.717, 1.165) is 19.5 Å². The first-order chi connectivity index (χ1) is 5.50. The minimum absolute atomic E-state index is 0.386. The maximum Gasteiger partial charge on any atom is 0.140 e. The summed E-state index contributed by atoms with van der Waals surface area (Å²) in [6, 6.07) is 0. The van der Waals surface area contributed by atoms with Gasteiger partial charge in [-0.3, -0.25) is 0 Å². The molecule has 0 aliphatic heterocycles. The van der Waals surface area contributed by atoms with Crippen molar-refractivity contribution in [3.63, 3.8) is 0 Å². The number of hydrogen-bond acceptors (Lipinski definition) is 1. The van der Waals surface area contributed by atoms with Crippen molar-refractivity contribution in [2.75, 3.05) is 13.1 Å². The van der Waals surface area contributed by atoms with Gasteiger partial charge in [0.25, 0.3) is 0 Å². The lowest BCUT2D eigenvalue weighted by Gasteiger charge is -2.38. The van der Waals surface area contributed by atoms with Gasteiger partial charge >= 0.3 is 0 Å². The van der Waals surface area contributed by atoms with E-state index in [4.69, 9.17) is 11.6 Å². The molecule has 0 radical (unpaired) electrons. The summed E-state index contributed by atoms with van der Waals surface area (Å²) in [5, 5.41) is 0.386. The molecule has 0 rings (SSSR count). The third-order valence-electron chi connectivity index (χ3n) is 2.70. The van der Waals surface area contributed by atoms with Gasteiger partial charge < -0.3 is 4.57 Å². The van der Waals surface area contributed by atoms with Gasteiger partial charge in [0, 0.05) is 5.00 Å². The third-order valence-corrected chi connectivity index (χ3v) is 8.82. The lowest BCUT2D eigenvalue weighted by molar-refractivity contribution is 0.461. The highest BCUT2D eigenvalue weighted by molar-refractivity contribution is 6.82. The van der Waals surface area contributed by atoms with Gasteiger partial charge in [-0.2, -0.15) is 0 Å². The molecule has 0 saturated heterocycles. The summed E-state index contributed by atoms with van der Waals surface area (Å²) in [5.74, 6) is 0. The average molecular weight is 208 g/mol. The molecule has 0 aliphatic rings. The summed E-state index contributed by atoms with van der Waals surface area (Å²) in [6.45, 7) is 13.6. The fourth-order valence-electron chi connectivity index (χ4n) is 1.74. The van der Waals surface area contributed by atoms with Gasteiger partial charge in [0.15, 0.2) is 0 Å². The Morgan fingerprint density at radius 3 is 1.83 bits per heavy atom. The molecule has 0 aliphatic carbocycles. The molecule has 1 unspecified atom stereocenters. The van der Waals surface area contributed by atoms with E-state index in [-0.39, 0.29) is 0 Å². The van der Waals surface area contributed by atoms with E-state index in [0.29, 0.717) is 5.00 Å². The molecule has 0 aromatic rings. The van der Waals surface area contributed by atoms with Crippen LogP contribution in [0.5, 0.6) is 0 Å². The van der Waals surface area contributed by atoms with Crippen LogP contribution in [0.1, 0.15) is 27.2 Å². The van der Waals surface area contributed by atoms with E-state index in [1.165, 1.54) is 0 Å². The van der Waals surface area contributed by atoms with Crippen molar-refractivity contribution < 1.29 is 0 Å². The highest BCUT2D eigenvalue weighted by Crippen LogP contribution is 2.21. The Morgan fingerprint density at radius 2 is 1.58 bits per heavy atom. The van der Waals surface area contributed by atoms with Crippen LogP contribution >= 0.6 is 11.6 Å². The predicted octanol–water partition coefficient (Wildman–Crippen LogP) is 3.09. The topological polar surface area (TPSA) is 3.24 Å². The normalized spacial score (nSPS) is 15.2. The van der Waals surface area contributed by atoms with Crippen LogP contribution < -0.4 is 0 Å². The van der Waals surface area contributed by atoms with E-state index in [1.54, 1.807) is 0 Å². The van der Waals surface area contributed by atoms with Crippen LogP contribution in [0.3, 0.4) is 0 Å². The maximum absolute atomic E-state index is 6.33. The zero-order valence-corrected chi connectivity index (χ0v) is 10.8. The summed E-state index contributed by atoms with van der Waals surface area (Å²) in [7, 11) is -1.34. The van der Waals surface area contributed by atoms with Crippen LogP contribution in [-0.4, -0.2) is 30.9 Å². The second kappa shape index (κ2) is 5.25. The summed E-state index contributed by atoms with van der Waals surface area (Å²) in [4.78, 5) is 0. The zero-order chi connectivity index (χ0) is 9.78. The van der Waals surface area contributed by atoms with Crippen molar-refractivity contribution in [1.29, 1.82) is 0 Å². The van der Waals surface area contributed by atoms with E-state index in [1.807, 2.05) is 0 Å². The van der Waals surface area contributed by atoms with Crippen molar-refractivity contribution in [3.8, 4) is 0 Å². The second-order valence-corrected chi connectivity index (χ2v) is 9.23. The fourth-order valence-corrected chi connectivity index (χ4v) is 5.18. The number of nitrogens with zero attached hydrogens (tertiary/aromatic N) is 1. The van der Waals surface area contributed by atoms with Crippen molar-refractivity contribution in [1.82, 2.24) is 4.57 Å². The SMILES string of the molecule is CCC(Cl)[Si](C)(C)N(CC)CC. The summed E-state index contributed by atoms with van der Waals surface area (Å²) >= 11 is 6.33. The summed E-state index contributed by atoms with van der Waals surface area (Å²) in [5.41, 5.74) is 0. The Morgan fingerprint density at radius 1 is 1.17 bits per heavy atom. The van der Waals surface area contributed by atoms with E-state index in [9.17, 15) is 0 Å². The molecule has 0 fully saturated rings. The van der Waals surface area contributed by atoms with Gasteiger partial charge in [0.1, 0.15) is 8.24 Å². The molecule has 0 spiro atoms. The highest BCUT2D eigenvalue weighted by atomic mass is 35.5. The molecule has 0 saturated carbocycles. The van der Waals surface area contributed by atoms with Crippen LogP contribution in [0.2, 0.25) is 13.1 Å². The number of rotatable bonds is 5. The first-order valence-electron chi connectivity index (χ1n) is 4.89. The van der Waals surface area contributed by atoms with Crippen molar-refractivity contribution in [2.24, 2.45) is 0 Å². The van der Waals surface area contributed by atoms with Gasteiger partial charge in [-0.05, 0) is 19.5 Å². The monoisotopic (exact) mass is 207 g/mol. The van der Waals surface area contributed by atoms with Crippen molar-refractivity contribution in [3.05, 3.63) is 0 Å². The third kappa shape index (κ3) is 2.75. The molecule has 74 valence electrons. The molecular formula is C9H22ClNSi. The standard InChI is InChI=1S/C9H22ClNSi/c1-6-9(10)12(4,5)11(7-2)8-3/h9H,6-8H2,1-5H3. The number of hydrogen-bond donors (Lipinski definition) is 0. The van der Waals surface area contributed by atoms with Crippen LogP contribution in [0.4, 0.5) is 0 Å². The first-order valence-corrected chi connectivity index (χ1v) is 8.35. The van der Waals surface area contributed by atoms with Crippen molar-refractivity contribution in [2.45, 2.75) is 45.3 Å². The van der Waals surface area contributed by atoms with E-state index in [2.05, 4.69) is 38.4 Å².